The molecule has 6 nitrogen and oxygen atoms in total. The van der Waals surface area contributed by atoms with Crippen molar-refractivity contribution >= 4 is 23.0 Å². The molecule has 0 aliphatic carbocycles. The molecule has 2 atom stereocenters. The third-order valence-corrected chi connectivity index (χ3v) is 7.79. The zero-order chi connectivity index (χ0) is 25.2. The van der Waals surface area contributed by atoms with Gasteiger partial charge in [-0.1, -0.05) is 12.1 Å². The maximum atomic E-state index is 5.95. The summed E-state index contributed by atoms with van der Waals surface area (Å²) >= 11 is 5.95. The van der Waals surface area contributed by atoms with E-state index in [1.807, 2.05) is 12.3 Å². The number of ether oxygens (including phenoxy) is 1. The number of nitrogens with one attached hydrogen (secondary N) is 1. The van der Waals surface area contributed by atoms with Crippen LogP contribution in [0, 0.1) is 27.7 Å². The van der Waals surface area contributed by atoms with Gasteiger partial charge in [-0.2, -0.15) is 0 Å². The lowest BCUT2D eigenvalue weighted by atomic mass is 9.96. The third-order valence-electron chi connectivity index (χ3n) is 7.47. The lowest BCUT2D eigenvalue weighted by molar-refractivity contribution is 0.0369. The number of aromatic nitrogens is 2. The normalized spacial score (nSPS) is 20.7. The Kier molecular flexibility index (Phi) is 7.42. The molecule has 2 aromatic heterocycles. The summed E-state index contributed by atoms with van der Waals surface area (Å²) in [5.41, 5.74) is 8.52. The number of morpholine rings is 1. The number of anilines is 1. The Bertz CT molecular complexity index is 1200. The van der Waals surface area contributed by atoms with Gasteiger partial charge in [0.25, 0.3) is 0 Å². The Morgan fingerprint density at radius 2 is 1.75 bits per heavy atom. The van der Waals surface area contributed by atoms with Gasteiger partial charge in [-0.05, 0) is 93.4 Å². The van der Waals surface area contributed by atoms with Gasteiger partial charge in [-0.3, -0.25) is 9.88 Å². The van der Waals surface area contributed by atoms with E-state index in [-0.39, 0.29) is 12.1 Å². The van der Waals surface area contributed by atoms with Gasteiger partial charge >= 0.3 is 0 Å². The van der Waals surface area contributed by atoms with Crippen molar-refractivity contribution in [3.05, 3.63) is 82.4 Å². The van der Waals surface area contributed by atoms with Crippen LogP contribution in [0.25, 0.3) is 0 Å². The summed E-state index contributed by atoms with van der Waals surface area (Å²) in [7, 11) is 0. The molecular formula is C29H37N5OS. The molecule has 1 aromatic carbocycles. The average molecular weight is 504 g/mol. The maximum absolute atomic E-state index is 5.95. The van der Waals surface area contributed by atoms with E-state index in [1.165, 1.54) is 28.1 Å². The fourth-order valence-corrected chi connectivity index (χ4v) is 6.13. The van der Waals surface area contributed by atoms with Crippen molar-refractivity contribution in [2.24, 2.45) is 0 Å². The summed E-state index contributed by atoms with van der Waals surface area (Å²) in [6, 6.07) is 15.1. The minimum absolute atomic E-state index is 0.0211. The molecule has 4 heterocycles. The molecule has 1 N–H and O–H groups in total. The smallest absolute Gasteiger partial charge is 0.174 e. The van der Waals surface area contributed by atoms with Gasteiger partial charge in [-0.25, -0.2) is 0 Å². The second-order valence-corrected chi connectivity index (χ2v) is 10.5. The summed E-state index contributed by atoms with van der Waals surface area (Å²) in [6.07, 6.45) is 2.99. The van der Waals surface area contributed by atoms with Crippen molar-refractivity contribution in [1.29, 1.82) is 0 Å². The lowest BCUT2D eigenvalue weighted by Crippen LogP contribution is -2.37. The van der Waals surface area contributed by atoms with Gasteiger partial charge in [0.2, 0.25) is 0 Å². The van der Waals surface area contributed by atoms with Crippen LogP contribution in [0.4, 0.5) is 5.69 Å². The van der Waals surface area contributed by atoms with E-state index in [1.54, 1.807) is 0 Å². The van der Waals surface area contributed by atoms with E-state index in [0.29, 0.717) is 0 Å². The molecule has 5 rings (SSSR count). The van der Waals surface area contributed by atoms with E-state index in [2.05, 4.69) is 83.8 Å². The molecule has 0 spiro atoms. The molecular weight excluding hydrogens is 466 g/mol. The zero-order valence-corrected chi connectivity index (χ0v) is 22.6. The molecule has 2 fully saturated rings. The van der Waals surface area contributed by atoms with Crippen LogP contribution in [0.15, 0.2) is 48.7 Å². The van der Waals surface area contributed by atoms with Crippen molar-refractivity contribution in [2.75, 3.05) is 37.7 Å². The Labute approximate surface area is 220 Å². The van der Waals surface area contributed by atoms with Crippen LogP contribution in [0.5, 0.6) is 0 Å². The molecule has 0 bridgehead atoms. The van der Waals surface area contributed by atoms with Crippen LogP contribution >= 0.6 is 12.2 Å². The Morgan fingerprint density at radius 3 is 2.44 bits per heavy atom. The number of rotatable bonds is 7. The van der Waals surface area contributed by atoms with Crippen molar-refractivity contribution in [2.45, 2.75) is 52.7 Å². The quantitative estimate of drug-likeness (QED) is 0.457. The summed E-state index contributed by atoms with van der Waals surface area (Å²) in [6.45, 7) is 14.7. The third kappa shape index (κ3) is 5.05. The van der Waals surface area contributed by atoms with Gasteiger partial charge < -0.3 is 19.5 Å². The Morgan fingerprint density at radius 1 is 1.00 bits per heavy atom. The van der Waals surface area contributed by atoms with Crippen molar-refractivity contribution in [3.63, 3.8) is 0 Å². The standard InChI is InChI=1S/C29H37N5OS/c1-20-16-21(2)18-24(17-20)34-28(27(31-29(34)36)26-8-5-6-9-30-26)25-19-22(3)33(23(25)4)11-7-10-32-12-14-35-15-13-32/h5-6,8-9,16-19,27-28H,7,10-15H2,1-4H3,(H,31,36)/t27-,28+/m1/s1. The Hall–Kier alpha value is -2.74. The van der Waals surface area contributed by atoms with E-state index in [9.17, 15) is 0 Å². The van der Waals surface area contributed by atoms with Crippen molar-refractivity contribution < 1.29 is 4.74 Å². The van der Waals surface area contributed by atoms with Gasteiger partial charge in [0.05, 0.1) is 31.0 Å². The van der Waals surface area contributed by atoms with E-state index in [0.717, 1.165) is 62.3 Å². The summed E-state index contributed by atoms with van der Waals surface area (Å²) in [4.78, 5) is 9.53. The molecule has 3 aromatic rings. The molecule has 2 saturated heterocycles. The second kappa shape index (κ2) is 10.7. The van der Waals surface area contributed by atoms with Crippen molar-refractivity contribution in [3.8, 4) is 0 Å². The van der Waals surface area contributed by atoms with E-state index < -0.39 is 0 Å². The first-order valence-electron chi connectivity index (χ1n) is 13.0. The first kappa shape index (κ1) is 24.9. The summed E-state index contributed by atoms with van der Waals surface area (Å²) in [5, 5.41) is 4.36. The van der Waals surface area contributed by atoms with E-state index >= 15 is 0 Å². The molecule has 0 amide bonds. The van der Waals surface area contributed by atoms with Gasteiger partial charge in [0.1, 0.15) is 0 Å². The monoisotopic (exact) mass is 503 g/mol. The number of hydrogen-bond acceptors (Lipinski definition) is 4. The van der Waals surface area contributed by atoms with Crippen molar-refractivity contribution in [1.82, 2.24) is 19.8 Å². The minimum atomic E-state index is -0.0261. The first-order valence-corrected chi connectivity index (χ1v) is 13.4. The fourth-order valence-electron chi connectivity index (χ4n) is 5.79. The maximum Gasteiger partial charge on any atom is 0.174 e. The predicted octanol–water partition coefficient (Wildman–Crippen LogP) is 5.02. The minimum Gasteiger partial charge on any atom is -0.379 e. The van der Waals surface area contributed by atoms with E-state index in [4.69, 9.17) is 21.9 Å². The largest absolute Gasteiger partial charge is 0.379 e. The van der Waals surface area contributed by atoms with Crippen LogP contribution in [0.1, 0.15) is 52.3 Å². The number of hydrogen-bond donors (Lipinski definition) is 1. The molecule has 0 saturated carbocycles. The fraction of sp³-hybridized carbons (Fsp3) is 0.448. The van der Waals surface area contributed by atoms with Crippen LogP contribution < -0.4 is 10.2 Å². The molecule has 0 radical (unpaired) electrons. The van der Waals surface area contributed by atoms with Crippen LogP contribution in [0.3, 0.4) is 0 Å². The topological polar surface area (TPSA) is 45.6 Å². The number of benzene rings is 1. The molecule has 2 aliphatic rings. The summed E-state index contributed by atoms with van der Waals surface area (Å²) in [5.74, 6) is 0. The van der Waals surface area contributed by atoms with Crippen LogP contribution in [-0.4, -0.2) is 52.4 Å². The average Bonchev–Trinajstić information content (AvgIpc) is 3.35. The highest BCUT2D eigenvalue weighted by atomic mass is 32.1. The molecule has 190 valence electrons. The number of thiocarbonyl (C=S) groups is 1. The van der Waals surface area contributed by atoms with Gasteiger partial charge in [0, 0.05) is 49.5 Å². The lowest BCUT2D eigenvalue weighted by Gasteiger charge is -2.29. The number of nitrogens with zero attached hydrogens (tertiary/aromatic N) is 4. The first-order chi connectivity index (χ1) is 17.4. The highest BCUT2D eigenvalue weighted by molar-refractivity contribution is 7.80. The molecule has 2 aliphatic heterocycles. The van der Waals surface area contributed by atoms with Gasteiger partial charge in [0.15, 0.2) is 5.11 Å². The second-order valence-electron chi connectivity index (χ2n) is 10.1. The Balaban J connectivity index is 1.49. The van der Waals surface area contributed by atoms with Crippen LogP contribution in [-0.2, 0) is 11.3 Å². The highest BCUT2D eigenvalue weighted by Gasteiger charge is 2.42. The SMILES string of the molecule is Cc1cc(C)cc(N2C(=S)N[C@H](c3ccccn3)[C@@H]2c2cc(C)n(CCCN3CCOCC3)c2C)c1. The van der Waals surface area contributed by atoms with Crippen LogP contribution in [0.2, 0.25) is 0 Å². The molecule has 0 unspecified atom stereocenters. The predicted molar refractivity (Wildman–Crippen MR) is 150 cm³/mol. The van der Waals surface area contributed by atoms with Gasteiger partial charge in [-0.15, -0.1) is 0 Å². The zero-order valence-electron chi connectivity index (χ0n) is 21.8. The molecule has 7 heteroatoms. The summed E-state index contributed by atoms with van der Waals surface area (Å²) < 4.78 is 7.98. The molecule has 36 heavy (non-hydrogen) atoms. The highest BCUT2D eigenvalue weighted by Crippen LogP contribution is 2.43. The number of pyridine rings is 1. The number of aryl methyl sites for hydroxylation is 3.